The molecule has 2 nitrogen and oxygen atoms in total. The molecule has 3 rings (SSSR count). The highest BCUT2D eigenvalue weighted by Crippen LogP contribution is 2.31. The van der Waals surface area contributed by atoms with Crippen molar-refractivity contribution < 1.29 is 0 Å². The minimum atomic E-state index is 0.555. The molecule has 1 aliphatic heterocycles. The molecule has 1 aliphatic rings. The third kappa shape index (κ3) is 2.44. The van der Waals surface area contributed by atoms with E-state index < -0.39 is 0 Å². The van der Waals surface area contributed by atoms with Crippen LogP contribution < -0.4 is 5.32 Å². The van der Waals surface area contributed by atoms with Crippen molar-refractivity contribution in [2.45, 2.75) is 52.0 Å². The summed E-state index contributed by atoms with van der Waals surface area (Å²) in [6, 6.07) is 9.41. The fourth-order valence-corrected chi connectivity index (χ4v) is 2.83. The van der Waals surface area contributed by atoms with Gasteiger partial charge in [0.05, 0.1) is 11.2 Å². The van der Waals surface area contributed by atoms with Gasteiger partial charge in [0.25, 0.3) is 0 Å². The average Bonchev–Trinajstić information content (AvgIpc) is 2.44. The molecule has 2 heteroatoms. The summed E-state index contributed by atoms with van der Waals surface area (Å²) in [6.45, 7) is 4.48. The van der Waals surface area contributed by atoms with E-state index in [-0.39, 0.29) is 0 Å². The molecule has 1 aromatic heterocycles. The highest BCUT2D eigenvalue weighted by molar-refractivity contribution is 5.92. The van der Waals surface area contributed by atoms with Crippen LogP contribution in [0.5, 0.6) is 0 Å². The van der Waals surface area contributed by atoms with Crippen LogP contribution in [0, 0.1) is 0 Å². The molecule has 2 heterocycles. The Balaban J connectivity index is 2.06. The van der Waals surface area contributed by atoms with E-state index in [1.807, 2.05) is 0 Å². The highest BCUT2D eigenvalue weighted by Gasteiger charge is 2.17. The van der Waals surface area contributed by atoms with Gasteiger partial charge in [-0.1, -0.05) is 31.5 Å². The molecule has 2 aromatic rings. The number of nitrogens with zero attached hydrogens (tertiary/aromatic N) is 1. The van der Waals surface area contributed by atoms with E-state index in [4.69, 9.17) is 4.98 Å². The van der Waals surface area contributed by atoms with Gasteiger partial charge in [0, 0.05) is 17.1 Å². The third-order valence-corrected chi connectivity index (χ3v) is 4.03. The van der Waals surface area contributed by atoms with Crippen LogP contribution in [0.4, 0.5) is 5.69 Å². The number of pyridine rings is 1. The second-order valence-electron chi connectivity index (χ2n) is 5.66. The van der Waals surface area contributed by atoms with Gasteiger partial charge in [-0.25, -0.2) is 0 Å². The Morgan fingerprint density at radius 3 is 2.95 bits per heavy atom. The molecule has 100 valence electrons. The maximum atomic E-state index is 4.90. The molecular weight excluding hydrogens is 232 g/mol. The van der Waals surface area contributed by atoms with E-state index in [9.17, 15) is 0 Å². The molecule has 0 saturated carbocycles. The van der Waals surface area contributed by atoms with Crippen molar-refractivity contribution in [1.29, 1.82) is 0 Å². The van der Waals surface area contributed by atoms with Gasteiger partial charge in [0.2, 0.25) is 0 Å². The van der Waals surface area contributed by atoms with Gasteiger partial charge >= 0.3 is 0 Å². The van der Waals surface area contributed by atoms with Crippen molar-refractivity contribution in [1.82, 2.24) is 4.98 Å². The lowest BCUT2D eigenvalue weighted by atomic mass is 9.96. The van der Waals surface area contributed by atoms with Crippen LogP contribution in [0.2, 0.25) is 0 Å². The number of hydrogen-bond donors (Lipinski definition) is 1. The third-order valence-electron chi connectivity index (χ3n) is 4.03. The Morgan fingerprint density at radius 2 is 2.11 bits per heavy atom. The molecular formula is C17H22N2. The molecule has 1 atom stereocenters. The van der Waals surface area contributed by atoms with Crippen molar-refractivity contribution in [3.8, 4) is 0 Å². The summed E-state index contributed by atoms with van der Waals surface area (Å²) in [7, 11) is 0. The zero-order chi connectivity index (χ0) is 13.2. The number of aromatic nitrogens is 1. The Labute approximate surface area is 115 Å². The summed E-state index contributed by atoms with van der Waals surface area (Å²) in [5.41, 5.74) is 5.08. The molecule has 0 amide bonds. The van der Waals surface area contributed by atoms with Gasteiger partial charge < -0.3 is 5.32 Å². The van der Waals surface area contributed by atoms with Crippen LogP contribution in [-0.4, -0.2) is 11.0 Å². The van der Waals surface area contributed by atoms with Gasteiger partial charge in [-0.15, -0.1) is 0 Å². The van der Waals surface area contributed by atoms with E-state index in [2.05, 4.69) is 43.4 Å². The fraction of sp³-hybridized carbons (Fsp3) is 0.471. The van der Waals surface area contributed by atoms with Crippen LogP contribution in [0.15, 0.2) is 24.3 Å². The van der Waals surface area contributed by atoms with Crippen molar-refractivity contribution in [3.05, 3.63) is 35.5 Å². The molecule has 19 heavy (non-hydrogen) atoms. The van der Waals surface area contributed by atoms with E-state index in [0.29, 0.717) is 6.04 Å². The van der Waals surface area contributed by atoms with Crippen molar-refractivity contribution in [2.24, 2.45) is 0 Å². The van der Waals surface area contributed by atoms with Crippen LogP contribution >= 0.6 is 0 Å². The summed E-state index contributed by atoms with van der Waals surface area (Å²) in [4.78, 5) is 4.90. The molecule has 0 spiro atoms. The lowest BCUT2D eigenvalue weighted by molar-refractivity contribution is 0.682. The number of unbranched alkanes of at least 4 members (excludes halogenated alkanes) is 1. The number of fused-ring (bicyclic) bond motifs is 3. The number of benzene rings is 1. The first-order chi connectivity index (χ1) is 9.28. The minimum Gasteiger partial charge on any atom is -0.381 e. The highest BCUT2D eigenvalue weighted by atomic mass is 14.9. The standard InChI is InChI=1S/C17H22N2/c1-3-4-5-15-11-10-14-9-8-13-7-6-12(2)18-16(13)17(14)19-15/h8-12,18H,3-7H2,1-2H3. The van der Waals surface area contributed by atoms with Crippen molar-refractivity contribution in [3.63, 3.8) is 0 Å². The molecule has 0 radical (unpaired) electrons. The SMILES string of the molecule is CCCCc1ccc2ccc3c(c2n1)NC(C)CC3. The quantitative estimate of drug-likeness (QED) is 0.882. The van der Waals surface area contributed by atoms with Crippen LogP contribution in [0.1, 0.15) is 44.4 Å². The van der Waals surface area contributed by atoms with Crippen LogP contribution in [0.25, 0.3) is 10.9 Å². The predicted octanol–water partition coefficient (Wildman–Crippen LogP) is 4.32. The summed E-state index contributed by atoms with van der Waals surface area (Å²) in [6.07, 6.45) is 5.92. The number of anilines is 1. The Kier molecular flexibility index (Phi) is 3.41. The Hall–Kier alpha value is -1.57. The zero-order valence-corrected chi connectivity index (χ0v) is 11.9. The van der Waals surface area contributed by atoms with E-state index >= 15 is 0 Å². The van der Waals surface area contributed by atoms with Crippen molar-refractivity contribution in [2.75, 3.05) is 5.32 Å². The maximum Gasteiger partial charge on any atom is 0.0939 e. The molecule has 0 fully saturated rings. The van der Waals surface area contributed by atoms with Gasteiger partial charge in [0.15, 0.2) is 0 Å². The monoisotopic (exact) mass is 254 g/mol. The first kappa shape index (κ1) is 12.5. The predicted molar refractivity (Wildman–Crippen MR) is 81.8 cm³/mol. The lowest BCUT2D eigenvalue weighted by Crippen LogP contribution is -2.22. The van der Waals surface area contributed by atoms with E-state index in [1.54, 1.807) is 0 Å². The number of nitrogens with one attached hydrogen (secondary N) is 1. The number of aryl methyl sites for hydroxylation is 2. The smallest absolute Gasteiger partial charge is 0.0939 e. The molecule has 0 saturated heterocycles. The summed E-state index contributed by atoms with van der Waals surface area (Å²) < 4.78 is 0. The number of rotatable bonds is 3. The van der Waals surface area contributed by atoms with Crippen molar-refractivity contribution >= 4 is 16.6 Å². The van der Waals surface area contributed by atoms with Gasteiger partial charge in [0.1, 0.15) is 0 Å². The Morgan fingerprint density at radius 1 is 1.26 bits per heavy atom. The van der Waals surface area contributed by atoms with Gasteiger partial charge in [-0.05, 0) is 44.2 Å². The minimum absolute atomic E-state index is 0.555. The number of hydrogen-bond acceptors (Lipinski definition) is 2. The topological polar surface area (TPSA) is 24.9 Å². The van der Waals surface area contributed by atoms with Gasteiger partial charge in [-0.3, -0.25) is 4.98 Å². The second-order valence-corrected chi connectivity index (χ2v) is 5.66. The lowest BCUT2D eigenvalue weighted by Gasteiger charge is -2.25. The molecule has 0 aliphatic carbocycles. The normalized spacial score (nSPS) is 18.1. The Bertz CT molecular complexity index is 589. The largest absolute Gasteiger partial charge is 0.381 e. The summed E-state index contributed by atoms with van der Waals surface area (Å²) in [5, 5.41) is 4.87. The van der Waals surface area contributed by atoms with E-state index in [1.165, 1.54) is 48.0 Å². The molecule has 0 bridgehead atoms. The van der Waals surface area contributed by atoms with Crippen LogP contribution in [-0.2, 0) is 12.8 Å². The zero-order valence-electron chi connectivity index (χ0n) is 11.9. The molecule has 1 N–H and O–H groups in total. The summed E-state index contributed by atoms with van der Waals surface area (Å²) in [5.74, 6) is 0. The second kappa shape index (κ2) is 5.20. The van der Waals surface area contributed by atoms with Gasteiger partial charge in [-0.2, -0.15) is 0 Å². The molecule has 1 unspecified atom stereocenters. The van der Waals surface area contributed by atoms with E-state index in [0.717, 1.165) is 11.9 Å². The average molecular weight is 254 g/mol. The first-order valence-electron chi connectivity index (χ1n) is 7.46. The first-order valence-corrected chi connectivity index (χ1v) is 7.46. The molecule has 1 aromatic carbocycles. The van der Waals surface area contributed by atoms with Crippen LogP contribution in [0.3, 0.4) is 0 Å². The maximum absolute atomic E-state index is 4.90. The summed E-state index contributed by atoms with van der Waals surface area (Å²) >= 11 is 0. The fourth-order valence-electron chi connectivity index (χ4n) is 2.83.